The van der Waals surface area contributed by atoms with Crippen LogP contribution >= 0.6 is 15.9 Å². The molecule has 2 aromatic heterocycles. The van der Waals surface area contributed by atoms with Crippen LogP contribution in [0.4, 0.5) is 0 Å². The maximum Gasteiger partial charge on any atom is 0.241 e. The molecule has 28 heavy (non-hydrogen) atoms. The number of carbonyl (C=O) groups is 1. The van der Waals surface area contributed by atoms with Crippen LogP contribution in [0.1, 0.15) is 22.7 Å². The van der Waals surface area contributed by atoms with Gasteiger partial charge >= 0.3 is 0 Å². The molecule has 0 spiro atoms. The number of carbonyl (C=O) groups excluding carboxylic acids is 1. The molecule has 0 bridgehead atoms. The molecule has 6 heteroatoms. The summed E-state index contributed by atoms with van der Waals surface area (Å²) in [5.41, 5.74) is 3.24. The summed E-state index contributed by atoms with van der Waals surface area (Å²) in [6.07, 6.45) is 8.73. The monoisotopic (exact) mass is 438 g/mol. The lowest BCUT2D eigenvalue weighted by atomic mass is 10.1. The number of amides is 1. The van der Waals surface area contributed by atoms with Crippen molar-refractivity contribution >= 4 is 21.8 Å². The van der Waals surface area contributed by atoms with Crippen LogP contribution in [-0.2, 0) is 17.6 Å². The number of aromatic nitrogens is 2. The minimum Gasteiger partial charge on any atom is -0.354 e. The minimum atomic E-state index is -0.399. The fraction of sp³-hybridized carbons (Fsp3) is 0.227. The Morgan fingerprint density at radius 2 is 1.64 bits per heavy atom. The molecule has 0 aliphatic rings. The Bertz CT molecular complexity index is 857. The molecule has 2 N–H and O–H groups in total. The van der Waals surface area contributed by atoms with Gasteiger partial charge in [0.1, 0.15) is 6.04 Å². The molecule has 0 aliphatic carbocycles. The van der Waals surface area contributed by atoms with Gasteiger partial charge < -0.3 is 10.6 Å². The highest BCUT2D eigenvalue weighted by molar-refractivity contribution is 9.10. The van der Waals surface area contributed by atoms with Crippen LogP contribution < -0.4 is 10.6 Å². The predicted molar refractivity (Wildman–Crippen MR) is 114 cm³/mol. The molecule has 5 nitrogen and oxygen atoms in total. The van der Waals surface area contributed by atoms with Crippen molar-refractivity contribution in [3.05, 3.63) is 94.5 Å². The fourth-order valence-corrected chi connectivity index (χ4v) is 3.17. The van der Waals surface area contributed by atoms with Gasteiger partial charge in [-0.05, 0) is 59.9 Å². The van der Waals surface area contributed by atoms with Crippen LogP contribution in [0.2, 0.25) is 0 Å². The number of halogens is 1. The minimum absolute atomic E-state index is 0.0269. The summed E-state index contributed by atoms with van der Waals surface area (Å²) >= 11 is 3.45. The number of nitrogens with zero attached hydrogens (tertiary/aromatic N) is 2. The molecular weight excluding hydrogens is 416 g/mol. The Morgan fingerprint density at radius 3 is 2.36 bits per heavy atom. The molecule has 144 valence electrons. The quantitative estimate of drug-likeness (QED) is 0.536. The topological polar surface area (TPSA) is 66.9 Å². The molecule has 0 saturated heterocycles. The van der Waals surface area contributed by atoms with Gasteiger partial charge in [-0.2, -0.15) is 0 Å². The molecule has 1 atom stereocenters. The van der Waals surface area contributed by atoms with Crippen molar-refractivity contribution in [2.24, 2.45) is 0 Å². The van der Waals surface area contributed by atoms with E-state index in [-0.39, 0.29) is 5.91 Å². The zero-order valence-electron chi connectivity index (χ0n) is 15.5. The second-order valence-corrected chi connectivity index (χ2v) is 7.36. The van der Waals surface area contributed by atoms with E-state index in [1.807, 2.05) is 54.7 Å². The molecule has 1 amide bonds. The largest absolute Gasteiger partial charge is 0.354 e. The lowest BCUT2D eigenvalue weighted by molar-refractivity contribution is -0.123. The summed E-state index contributed by atoms with van der Waals surface area (Å²) in [5.74, 6) is -0.0269. The molecule has 2 heterocycles. The third-order valence-electron chi connectivity index (χ3n) is 4.41. The molecule has 1 unspecified atom stereocenters. The van der Waals surface area contributed by atoms with E-state index in [1.165, 1.54) is 5.56 Å². The van der Waals surface area contributed by atoms with Crippen molar-refractivity contribution in [2.45, 2.75) is 18.9 Å². The summed E-state index contributed by atoms with van der Waals surface area (Å²) in [6, 6.07) is 15.3. The van der Waals surface area contributed by atoms with Crippen LogP contribution in [0.5, 0.6) is 0 Å². The van der Waals surface area contributed by atoms with E-state index in [4.69, 9.17) is 0 Å². The summed E-state index contributed by atoms with van der Waals surface area (Å²) in [7, 11) is 0. The Labute approximate surface area is 173 Å². The first-order chi connectivity index (χ1) is 13.7. The zero-order valence-corrected chi connectivity index (χ0v) is 17.1. The number of rotatable bonds is 9. The third-order valence-corrected chi connectivity index (χ3v) is 4.94. The van der Waals surface area contributed by atoms with Crippen molar-refractivity contribution in [2.75, 3.05) is 13.1 Å². The lowest BCUT2D eigenvalue weighted by Gasteiger charge is -2.19. The zero-order chi connectivity index (χ0) is 19.6. The van der Waals surface area contributed by atoms with Gasteiger partial charge in [0.2, 0.25) is 5.91 Å². The first-order valence-corrected chi connectivity index (χ1v) is 10.1. The van der Waals surface area contributed by atoms with Gasteiger partial charge in [0.25, 0.3) is 0 Å². The van der Waals surface area contributed by atoms with Gasteiger partial charge in [0.15, 0.2) is 0 Å². The highest BCUT2D eigenvalue weighted by Gasteiger charge is 2.19. The number of hydrogen-bond acceptors (Lipinski definition) is 4. The van der Waals surface area contributed by atoms with Crippen molar-refractivity contribution in [1.82, 2.24) is 20.6 Å². The van der Waals surface area contributed by atoms with Crippen LogP contribution in [0.15, 0.2) is 77.8 Å². The van der Waals surface area contributed by atoms with E-state index in [0.29, 0.717) is 13.1 Å². The van der Waals surface area contributed by atoms with Crippen LogP contribution in [0, 0.1) is 0 Å². The molecular formula is C22H23BrN4O. The standard InChI is InChI=1S/C22H23BrN4O/c23-20-5-3-19(4-6-20)21(26-14-9-17-7-12-24-13-8-17)22(28)27-15-10-18-2-1-11-25-16-18/h1-8,11-13,16,21,26H,9-10,14-15H2,(H,27,28). The summed E-state index contributed by atoms with van der Waals surface area (Å²) in [5, 5.41) is 6.43. The lowest BCUT2D eigenvalue weighted by Crippen LogP contribution is -2.39. The highest BCUT2D eigenvalue weighted by atomic mass is 79.9. The van der Waals surface area contributed by atoms with Crippen LogP contribution in [0.25, 0.3) is 0 Å². The van der Waals surface area contributed by atoms with Crippen molar-refractivity contribution in [1.29, 1.82) is 0 Å². The number of hydrogen-bond donors (Lipinski definition) is 2. The Balaban J connectivity index is 1.59. The molecule has 1 aromatic carbocycles. The number of nitrogens with one attached hydrogen (secondary N) is 2. The van der Waals surface area contributed by atoms with E-state index >= 15 is 0 Å². The van der Waals surface area contributed by atoms with E-state index in [1.54, 1.807) is 18.6 Å². The van der Waals surface area contributed by atoms with E-state index in [9.17, 15) is 4.79 Å². The van der Waals surface area contributed by atoms with Gasteiger partial charge in [-0.15, -0.1) is 0 Å². The smallest absolute Gasteiger partial charge is 0.241 e. The SMILES string of the molecule is O=C(NCCc1cccnc1)C(NCCc1ccncc1)c1ccc(Br)cc1. The number of pyridine rings is 2. The average molecular weight is 439 g/mol. The maximum atomic E-state index is 12.9. The maximum absolute atomic E-state index is 12.9. The van der Waals surface area contributed by atoms with Gasteiger partial charge in [-0.1, -0.05) is 34.1 Å². The second kappa shape index (κ2) is 10.7. The summed E-state index contributed by atoms with van der Waals surface area (Å²) < 4.78 is 0.990. The third kappa shape index (κ3) is 6.25. The first kappa shape index (κ1) is 20.2. The summed E-state index contributed by atoms with van der Waals surface area (Å²) in [4.78, 5) is 21.0. The number of benzene rings is 1. The van der Waals surface area contributed by atoms with E-state index in [2.05, 4.69) is 36.5 Å². The van der Waals surface area contributed by atoms with Gasteiger partial charge in [0, 0.05) is 42.3 Å². The normalized spacial score (nSPS) is 11.8. The molecule has 0 fully saturated rings. The predicted octanol–water partition coefficient (Wildman–Crippen LogP) is 3.47. The second-order valence-electron chi connectivity index (χ2n) is 6.45. The van der Waals surface area contributed by atoms with E-state index in [0.717, 1.165) is 28.4 Å². The van der Waals surface area contributed by atoms with Crippen molar-refractivity contribution in [3.63, 3.8) is 0 Å². The average Bonchev–Trinajstić information content (AvgIpc) is 2.73. The van der Waals surface area contributed by atoms with E-state index < -0.39 is 6.04 Å². The molecule has 0 aliphatic heterocycles. The van der Waals surface area contributed by atoms with Crippen LogP contribution in [-0.4, -0.2) is 29.0 Å². The van der Waals surface area contributed by atoms with Crippen molar-refractivity contribution in [3.8, 4) is 0 Å². The Morgan fingerprint density at radius 1 is 0.893 bits per heavy atom. The summed E-state index contributed by atoms with van der Waals surface area (Å²) in [6.45, 7) is 1.27. The highest BCUT2D eigenvalue weighted by Crippen LogP contribution is 2.17. The molecule has 0 radical (unpaired) electrons. The molecule has 0 saturated carbocycles. The molecule has 3 rings (SSSR count). The van der Waals surface area contributed by atoms with Gasteiger partial charge in [-0.25, -0.2) is 0 Å². The molecule has 3 aromatic rings. The van der Waals surface area contributed by atoms with Crippen LogP contribution in [0.3, 0.4) is 0 Å². The Hall–Kier alpha value is -2.57. The van der Waals surface area contributed by atoms with Gasteiger partial charge in [-0.3, -0.25) is 14.8 Å². The Kier molecular flexibility index (Phi) is 7.70. The van der Waals surface area contributed by atoms with Gasteiger partial charge in [0.05, 0.1) is 0 Å². The fourth-order valence-electron chi connectivity index (χ4n) is 2.91. The first-order valence-electron chi connectivity index (χ1n) is 9.27. The van der Waals surface area contributed by atoms with Crippen molar-refractivity contribution < 1.29 is 4.79 Å².